The van der Waals surface area contributed by atoms with Gasteiger partial charge in [-0.25, -0.2) is 9.36 Å². The van der Waals surface area contributed by atoms with Gasteiger partial charge in [0, 0.05) is 11.9 Å². The molecule has 3 aromatic rings. The molecule has 0 bridgehead atoms. The van der Waals surface area contributed by atoms with Crippen molar-refractivity contribution in [1.82, 2.24) is 14.1 Å². The summed E-state index contributed by atoms with van der Waals surface area (Å²) in [6, 6.07) is 8.29. The molecule has 27 heavy (non-hydrogen) atoms. The molecule has 9 heteroatoms. The third-order valence-electron chi connectivity index (χ3n) is 3.86. The number of benzene rings is 1. The number of aromatic hydroxyl groups is 1. The Morgan fingerprint density at radius 1 is 1.19 bits per heavy atom. The third kappa shape index (κ3) is 4.30. The van der Waals surface area contributed by atoms with Gasteiger partial charge in [-0.05, 0) is 48.4 Å². The van der Waals surface area contributed by atoms with Crippen LogP contribution in [-0.4, -0.2) is 25.6 Å². The van der Waals surface area contributed by atoms with Gasteiger partial charge in [-0.2, -0.15) is 0 Å². The maximum Gasteiger partial charge on any atom is 0.573 e. The highest BCUT2D eigenvalue weighted by Crippen LogP contribution is 2.24. The summed E-state index contributed by atoms with van der Waals surface area (Å²) < 4.78 is 42.8. The fourth-order valence-electron chi connectivity index (χ4n) is 2.65. The predicted octanol–water partition coefficient (Wildman–Crippen LogP) is 3.25. The van der Waals surface area contributed by atoms with Crippen molar-refractivity contribution in [2.24, 2.45) is 0 Å². The van der Waals surface area contributed by atoms with Crippen molar-refractivity contribution in [3.05, 3.63) is 70.5 Å². The lowest BCUT2D eigenvalue weighted by Crippen LogP contribution is -2.23. The van der Waals surface area contributed by atoms with Crippen molar-refractivity contribution < 1.29 is 23.0 Å². The quantitative estimate of drug-likeness (QED) is 0.739. The van der Waals surface area contributed by atoms with Crippen LogP contribution in [-0.2, 0) is 13.0 Å². The molecule has 3 rings (SSSR count). The number of hydrogen-bond donors (Lipinski definition) is 1. The fraction of sp³-hybridized carbons (Fsp3) is 0.222. The normalized spacial score (nSPS) is 11.6. The van der Waals surface area contributed by atoms with E-state index in [0.29, 0.717) is 0 Å². The molecule has 0 atom stereocenters. The van der Waals surface area contributed by atoms with Crippen LogP contribution in [0.4, 0.5) is 13.2 Å². The Hall–Kier alpha value is -3.23. The fourth-order valence-corrected chi connectivity index (χ4v) is 2.65. The lowest BCUT2D eigenvalue weighted by atomic mass is 10.2. The average Bonchev–Trinajstić information content (AvgIpc) is 2.88. The number of hydrogen-bond acceptors (Lipinski definition) is 4. The smallest absolute Gasteiger partial charge is 0.493 e. The Labute approximate surface area is 152 Å². The van der Waals surface area contributed by atoms with E-state index < -0.39 is 17.8 Å². The first kappa shape index (κ1) is 18.6. The van der Waals surface area contributed by atoms with Gasteiger partial charge in [-0.1, -0.05) is 6.92 Å². The second kappa shape index (κ2) is 7.18. The molecule has 0 fully saturated rings. The standard InChI is InChI=1S/C18H16F3N3O3/c1-2-13-9-12(7-8-22-13)10-23-11-16(25)24(17(23)26)14-3-5-15(6-4-14)27-18(19,20)21/h3-9,11,25H,2,10H2,1H3. The summed E-state index contributed by atoms with van der Waals surface area (Å²) in [6.07, 6.45) is -1.13. The van der Waals surface area contributed by atoms with E-state index in [1.807, 2.05) is 13.0 Å². The van der Waals surface area contributed by atoms with E-state index in [-0.39, 0.29) is 18.1 Å². The number of ether oxygens (including phenoxy) is 1. The number of aromatic nitrogens is 3. The second-order valence-corrected chi connectivity index (χ2v) is 5.78. The van der Waals surface area contributed by atoms with Crippen LogP contribution < -0.4 is 10.4 Å². The second-order valence-electron chi connectivity index (χ2n) is 5.78. The van der Waals surface area contributed by atoms with Crippen LogP contribution in [0.3, 0.4) is 0 Å². The summed E-state index contributed by atoms with van der Waals surface area (Å²) in [5.41, 5.74) is 1.42. The summed E-state index contributed by atoms with van der Waals surface area (Å²) >= 11 is 0. The van der Waals surface area contributed by atoms with Crippen LogP contribution in [0.2, 0.25) is 0 Å². The zero-order chi connectivity index (χ0) is 19.6. The molecular formula is C18H16F3N3O3. The number of halogens is 3. The molecule has 0 spiro atoms. The molecule has 0 amide bonds. The van der Waals surface area contributed by atoms with Crippen LogP contribution in [0.25, 0.3) is 5.69 Å². The highest BCUT2D eigenvalue weighted by Gasteiger charge is 2.31. The van der Waals surface area contributed by atoms with Crippen molar-refractivity contribution in [2.45, 2.75) is 26.3 Å². The van der Waals surface area contributed by atoms with Crippen molar-refractivity contribution >= 4 is 0 Å². The zero-order valence-electron chi connectivity index (χ0n) is 14.3. The molecule has 0 unspecified atom stereocenters. The molecule has 0 saturated heterocycles. The van der Waals surface area contributed by atoms with Gasteiger partial charge in [0.1, 0.15) is 5.75 Å². The Bertz CT molecular complexity index is 992. The maximum absolute atomic E-state index is 12.6. The van der Waals surface area contributed by atoms with Gasteiger partial charge < -0.3 is 9.84 Å². The Kier molecular flexibility index (Phi) is 4.93. The Morgan fingerprint density at radius 2 is 1.89 bits per heavy atom. The predicted molar refractivity (Wildman–Crippen MR) is 91.1 cm³/mol. The molecule has 2 aromatic heterocycles. The molecule has 0 radical (unpaired) electrons. The minimum atomic E-state index is -4.80. The van der Waals surface area contributed by atoms with Crippen molar-refractivity contribution in [3.63, 3.8) is 0 Å². The van der Waals surface area contributed by atoms with Gasteiger partial charge >= 0.3 is 12.1 Å². The number of aryl methyl sites for hydroxylation is 1. The van der Waals surface area contributed by atoms with E-state index in [4.69, 9.17) is 0 Å². The van der Waals surface area contributed by atoms with Crippen LogP contribution in [0, 0.1) is 0 Å². The molecule has 0 saturated carbocycles. The molecule has 142 valence electrons. The van der Waals surface area contributed by atoms with E-state index in [1.165, 1.54) is 22.9 Å². The van der Waals surface area contributed by atoms with Crippen LogP contribution >= 0.6 is 0 Å². The lowest BCUT2D eigenvalue weighted by Gasteiger charge is -2.09. The third-order valence-corrected chi connectivity index (χ3v) is 3.86. The topological polar surface area (TPSA) is 69.3 Å². The van der Waals surface area contributed by atoms with E-state index in [0.717, 1.165) is 34.4 Å². The maximum atomic E-state index is 12.6. The summed E-state index contributed by atoms with van der Waals surface area (Å²) in [5, 5.41) is 10.1. The highest BCUT2D eigenvalue weighted by molar-refractivity contribution is 5.40. The van der Waals surface area contributed by atoms with Crippen molar-refractivity contribution in [3.8, 4) is 17.3 Å². The minimum absolute atomic E-state index is 0.217. The molecule has 0 aliphatic heterocycles. The molecular weight excluding hydrogens is 363 g/mol. The van der Waals surface area contributed by atoms with E-state index in [1.54, 1.807) is 12.3 Å². The molecule has 1 aromatic carbocycles. The van der Waals surface area contributed by atoms with E-state index in [9.17, 15) is 23.1 Å². The minimum Gasteiger partial charge on any atom is -0.493 e. The first-order chi connectivity index (χ1) is 12.8. The number of nitrogens with zero attached hydrogens (tertiary/aromatic N) is 3. The van der Waals surface area contributed by atoms with E-state index in [2.05, 4.69) is 9.72 Å². The molecule has 0 aliphatic carbocycles. The highest BCUT2D eigenvalue weighted by atomic mass is 19.4. The number of rotatable bonds is 5. The molecule has 6 nitrogen and oxygen atoms in total. The van der Waals surface area contributed by atoms with Crippen LogP contribution in [0.5, 0.6) is 11.6 Å². The number of alkyl halides is 3. The van der Waals surface area contributed by atoms with Crippen molar-refractivity contribution in [2.75, 3.05) is 0 Å². The largest absolute Gasteiger partial charge is 0.573 e. The summed E-state index contributed by atoms with van der Waals surface area (Å²) in [5.74, 6) is -0.739. The van der Waals surface area contributed by atoms with Gasteiger partial charge in [-0.15, -0.1) is 13.2 Å². The van der Waals surface area contributed by atoms with Gasteiger partial charge in [0.15, 0.2) is 0 Å². The Balaban J connectivity index is 1.88. The SMILES string of the molecule is CCc1cc(Cn2cc(O)n(-c3ccc(OC(F)(F)F)cc3)c2=O)ccn1. The molecule has 1 N–H and O–H groups in total. The summed E-state index contributed by atoms with van der Waals surface area (Å²) in [6.45, 7) is 2.19. The van der Waals surface area contributed by atoms with Crippen LogP contribution in [0.15, 0.2) is 53.6 Å². The summed E-state index contributed by atoms with van der Waals surface area (Å²) in [7, 11) is 0. The first-order valence-electron chi connectivity index (χ1n) is 8.08. The number of pyridine rings is 1. The van der Waals surface area contributed by atoms with E-state index >= 15 is 0 Å². The lowest BCUT2D eigenvalue weighted by molar-refractivity contribution is -0.274. The number of imidazole rings is 1. The zero-order valence-corrected chi connectivity index (χ0v) is 14.3. The van der Waals surface area contributed by atoms with Gasteiger partial charge in [0.2, 0.25) is 5.88 Å². The Morgan fingerprint density at radius 3 is 2.52 bits per heavy atom. The summed E-state index contributed by atoms with van der Waals surface area (Å²) in [4.78, 5) is 16.8. The average molecular weight is 379 g/mol. The monoisotopic (exact) mass is 379 g/mol. The molecule has 0 aliphatic rings. The van der Waals surface area contributed by atoms with Gasteiger partial charge in [0.25, 0.3) is 0 Å². The molecule has 2 heterocycles. The van der Waals surface area contributed by atoms with Gasteiger partial charge in [0.05, 0.1) is 18.4 Å². The van der Waals surface area contributed by atoms with Crippen LogP contribution in [0.1, 0.15) is 18.2 Å². The van der Waals surface area contributed by atoms with Crippen molar-refractivity contribution in [1.29, 1.82) is 0 Å². The van der Waals surface area contributed by atoms with Gasteiger partial charge in [-0.3, -0.25) is 9.55 Å². The first-order valence-corrected chi connectivity index (χ1v) is 8.08.